The van der Waals surface area contributed by atoms with Gasteiger partial charge in [-0.2, -0.15) is 0 Å². The highest BCUT2D eigenvalue weighted by Crippen LogP contribution is 2.30. The summed E-state index contributed by atoms with van der Waals surface area (Å²) in [6.07, 6.45) is -2.37. The number of nitrogens with zero attached hydrogens (tertiary/aromatic N) is 2. The van der Waals surface area contributed by atoms with E-state index >= 15 is 0 Å². The third-order valence-corrected chi connectivity index (χ3v) is 2.57. The van der Waals surface area contributed by atoms with Crippen LogP contribution in [0.25, 0.3) is 0 Å². The summed E-state index contributed by atoms with van der Waals surface area (Å²) in [6.45, 7) is 0. The Hall–Kier alpha value is -2.97. The Labute approximate surface area is 121 Å². The van der Waals surface area contributed by atoms with E-state index in [0.29, 0.717) is 6.07 Å². The summed E-state index contributed by atoms with van der Waals surface area (Å²) in [5.74, 6) is -1.50. The number of benzene rings is 1. The van der Waals surface area contributed by atoms with E-state index in [0.717, 1.165) is 12.1 Å². The quantitative estimate of drug-likeness (QED) is 0.492. The fourth-order valence-electron chi connectivity index (χ4n) is 1.70. The van der Waals surface area contributed by atoms with Crippen molar-refractivity contribution >= 4 is 11.5 Å². The van der Waals surface area contributed by atoms with Crippen LogP contribution in [0.5, 0.6) is 5.75 Å². The molecule has 0 fully saturated rings. The predicted molar refractivity (Wildman–Crippen MR) is 67.4 cm³/mol. The Morgan fingerprint density at radius 1 is 1.27 bits per heavy atom. The van der Waals surface area contributed by atoms with Gasteiger partial charge in [-0.05, 0) is 24.3 Å². The number of carbonyl (C=O) groups is 1. The lowest BCUT2D eigenvalue weighted by Gasteiger charge is -2.09. The van der Waals surface area contributed by atoms with Gasteiger partial charge in [-0.3, -0.25) is 19.9 Å². The Morgan fingerprint density at radius 2 is 2.00 bits per heavy atom. The van der Waals surface area contributed by atoms with Crippen LogP contribution in [-0.4, -0.2) is 22.1 Å². The van der Waals surface area contributed by atoms with Crippen LogP contribution in [0.3, 0.4) is 0 Å². The Morgan fingerprint density at radius 3 is 2.55 bits per heavy atom. The third kappa shape index (κ3) is 3.57. The van der Waals surface area contributed by atoms with Crippen LogP contribution in [0.2, 0.25) is 0 Å². The van der Waals surface area contributed by atoms with E-state index in [4.69, 9.17) is 0 Å². The Kier molecular flexibility index (Phi) is 4.06. The number of halogens is 3. The molecule has 1 aromatic carbocycles. The number of aromatic nitrogens is 1. The van der Waals surface area contributed by atoms with Gasteiger partial charge in [0.2, 0.25) is 5.78 Å². The molecule has 0 saturated carbocycles. The van der Waals surface area contributed by atoms with E-state index in [-0.39, 0.29) is 11.1 Å². The van der Waals surface area contributed by atoms with Gasteiger partial charge in [0.05, 0.1) is 11.0 Å². The number of hydrogen-bond donors (Lipinski definition) is 0. The lowest BCUT2D eigenvalue weighted by Crippen LogP contribution is -2.17. The van der Waals surface area contributed by atoms with Crippen LogP contribution in [0, 0.1) is 10.1 Å². The summed E-state index contributed by atoms with van der Waals surface area (Å²) < 4.78 is 40.0. The fraction of sp³-hybridized carbons (Fsp3) is 0.0769. The number of pyridine rings is 1. The number of hydrogen-bond acceptors (Lipinski definition) is 5. The molecule has 0 N–H and O–H groups in total. The van der Waals surface area contributed by atoms with Crippen LogP contribution in [0.4, 0.5) is 18.9 Å². The SMILES string of the molecule is O=C(c1cccnc1)c1ccc(OC(F)(F)F)cc1[N+](=O)[O-]. The van der Waals surface area contributed by atoms with Gasteiger partial charge in [0, 0.05) is 18.0 Å². The molecule has 1 heterocycles. The number of rotatable bonds is 4. The second kappa shape index (κ2) is 5.80. The van der Waals surface area contributed by atoms with E-state index in [2.05, 4.69) is 9.72 Å². The summed E-state index contributed by atoms with van der Waals surface area (Å²) in [5.41, 5.74) is -1.06. The zero-order valence-electron chi connectivity index (χ0n) is 10.7. The summed E-state index contributed by atoms with van der Waals surface area (Å²) in [4.78, 5) is 25.9. The van der Waals surface area contributed by atoms with Crippen molar-refractivity contribution in [3.63, 3.8) is 0 Å². The van der Waals surface area contributed by atoms with Crippen LogP contribution in [0.1, 0.15) is 15.9 Å². The molecule has 0 amide bonds. The first-order valence-corrected chi connectivity index (χ1v) is 5.77. The molecule has 22 heavy (non-hydrogen) atoms. The summed E-state index contributed by atoms with van der Waals surface area (Å²) >= 11 is 0. The van der Waals surface area contributed by atoms with Crippen molar-refractivity contribution in [1.82, 2.24) is 4.98 Å². The summed E-state index contributed by atoms with van der Waals surface area (Å²) in [6, 6.07) is 5.15. The van der Waals surface area contributed by atoms with Crippen molar-refractivity contribution in [2.24, 2.45) is 0 Å². The number of nitro groups is 1. The minimum Gasteiger partial charge on any atom is -0.406 e. The normalized spacial score (nSPS) is 11.0. The first kappa shape index (κ1) is 15.4. The molecular formula is C13H7F3N2O4. The standard InChI is InChI=1S/C13H7F3N2O4/c14-13(15,16)22-9-3-4-10(11(6-9)18(20)21)12(19)8-2-1-5-17-7-8/h1-7H. The van der Waals surface area contributed by atoms with Crippen molar-refractivity contribution in [2.45, 2.75) is 6.36 Å². The van der Waals surface area contributed by atoms with E-state index in [1.165, 1.54) is 24.5 Å². The number of carbonyl (C=O) groups excluding carboxylic acids is 1. The second-order valence-electron chi connectivity index (χ2n) is 4.05. The van der Waals surface area contributed by atoms with Crippen LogP contribution >= 0.6 is 0 Å². The molecule has 0 aliphatic carbocycles. The zero-order chi connectivity index (χ0) is 16.3. The van der Waals surface area contributed by atoms with Gasteiger partial charge in [-0.25, -0.2) is 0 Å². The van der Waals surface area contributed by atoms with Gasteiger partial charge in [0.1, 0.15) is 11.3 Å². The van der Waals surface area contributed by atoms with Crippen molar-refractivity contribution in [3.05, 3.63) is 64.0 Å². The number of ether oxygens (including phenoxy) is 1. The van der Waals surface area contributed by atoms with Crippen molar-refractivity contribution < 1.29 is 27.6 Å². The molecule has 114 valence electrons. The number of alkyl halides is 3. The van der Waals surface area contributed by atoms with E-state index < -0.39 is 28.5 Å². The maximum Gasteiger partial charge on any atom is 0.573 e. The molecular weight excluding hydrogens is 305 g/mol. The van der Waals surface area contributed by atoms with E-state index in [1.807, 2.05) is 0 Å². The smallest absolute Gasteiger partial charge is 0.406 e. The maximum absolute atomic E-state index is 12.2. The van der Waals surface area contributed by atoms with Gasteiger partial charge in [0.25, 0.3) is 5.69 Å². The average Bonchev–Trinajstić information content (AvgIpc) is 2.45. The molecule has 2 aromatic rings. The lowest BCUT2D eigenvalue weighted by atomic mass is 10.0. The largest absolute Gasteiger partial charge is 0.573 e. The van der Waals surface area contributed by atoms with Crippen LogP contribution in [-0.2, 0) is 0 Å². The molecule has 9 heteroatoms. The Bertz CT molecular complexity index is 717. The van der Waals surface area contributed by atoms with Gasteiger partial charge in [-0.15, -0.1) is 13.2 Å². The molecule has 0 spiro atoms. The summed E-state index contributed by atoms with van der Waals surface area (Å²) in [5, 5.41) is 11.0. The fourth-order valence-corrected chi connectivity index (χ4v) is 1.70. The molecule has 0 atom stereocenters. The lowest BCUT2D eigenvalue weighted by molar-refractivity contribution is -0.385. The molecule has 1 aromatic heterocycles. The van der Waals surface area contributed by atoms with Gasteiger partial charge in [-0.1, -0.05) is 0 Å². The minimum atomic E-state index is -4.98. The van der Waals surface area contributed by atoms with E-state index in [1.54, 1.807) is 0 Å². The van der Waals surface area contributed by atoms with Crippen molar-refractivity contribution in [1.29, 1.82) is 0 Å². The number of ketones is 1. The molecule has 6 nitrogen and oxygen atoms in total. The molecule has 0 saturated heterocycles. The van der Waals surface area contributed by atoms with Crippen molar-refractivity contribution in [3.8, 4) is 5.75 Å². The number of nitro benzene ring substituents is 1. The summed E-state index contributed by atoms with van der Waals surface area (Å²) in [7, 11) is 0. The van der Waals surface area contributed by atoms with Crippen molar-refractivity contribution in [2.75, 3.05) is 0 Å². The minimum absolute atomic E-state index is 0.0788. The first-order chi connectivity index (χ1) is 10.3. The molecule has 0 bridgehead atoms. The molecule has 2 rings (SSSR count). The highest BCUT2D eigenvalue weighted by molar-refractivity contribution is 6.11. The topological polar surface area (TPSA) is 82.3 Å². The monoisotopic (exact) mass is 312 g/mol. The molecule has 0 aliphatic rings. The maximum atomic E-state index is 12.2. The average molecular weight is 312 g/mol. The molecule has 0 radical (unpaired) electrons. The van der Waals surface area contributed by atoms with Gasteiger partial charge >= 0.3 is 6.36 Å². The third-order valence-electron chi connectivity index (χ3n) is 2.57. The van der Waals surface area contributed by atoms with Crippen LogP contribution < -0.4 is 4.74 Å². The van der Waals surface area contributed by atoms with E-state index in [9.17, 15) is 28.1 Å². The molecule has 0 unspecified atom stereocenters. The second-order valence-corrected chi connectivity index (χ2v) is 4.05. The zero-order valence-corrected chi connectivity index (χ0v) is 10.7. The highest BCUT2D eigenvalue weighted by atomic mass is 19.4. The molecule has 0 aliphatic heterocycles. The highest BCUT2D eigenvalue weighted by Gasteiger charge is 2.32. The predicted octanol–water partition coefficient (Wildman–Crippen LogP) is 3.12. The Balaban J connectivity index is 2.44. The van der Waals surface area contributed by atoms with Gasteiger partial charge in [0.15, 0.2) is 0 Å². The van der Waals surface area contributed by atoms with Crippen LogP contribution in [0.15, 0.2) is 42.7 Å². The first-order valence-electron chi connectivity index (χ1n) is 5.77. The van der Waals surface area contributed by atoms with Gasteiger partial charge < -0.3 is 4.74 Å².